The van der Waals surface area contributed by atoms with Gasteiger partial charge in [-0.3, -0.25) is 0 Å². The van der Waals surface area contributed by atoms with E-state index in [1.54, 1.807) is 0 Å². The first-order valence-electron chi connectivity index (χ1n) is 12.5. The first-order chi connectivity index (χ1) is 16.5. The number of hydrogen-bond acceptors (Lipinski definition) is 4. The maximum absolute atomic E-state index is 6.47. The fourth-order valence-electron chi connectivity index (χ4n) is 7.64. The van der Waals surface area contributed by atoms with E-state index < -0.39 is 0 Å². The zero-order valence-electron chi connectivity index (χ0n) is 19.4. The Morgan fingerprint density at radius 2 is 1.21 bits per heavy atom. The third kappa shape index (κ3) is 3.55. The van der Waals surface area contributed by atoms with Crippen LogP contribution in [0.4, 0.5) is 0 Å². The van der Waals surface area contributed by atoms with Crippen molar-refractivity contribution in [3.05, 3.63) is 55.5 Å². The predicted octanol–water partition coefficient (Wildman–Crippen LogP) is 8.45. The summed E-state index contributed by atoms with van der Waals surface area (Å²) >= 11 is 19.0. The standard InChI is InChI=1S/C27H29Cl3N2O2/c1-13(28)23-17-9-11-19(23)24-15(17)5-3-7-21(24)31-33-14(2)34-32-22-8-4-6-16-18-10-12-20(25(16)22)26(18)27(29)30/h17-20H,2-12H2,1H3/b23-13-,31-21+,32-22+. The van der Waals surface area contributed by atoms with E-state index in [-0.39, 0.29) is 11.9 Å². The van der Waals surface area contributed by atoms with Gasteiger partial charge in [-0.2, -0.15) is 0 Å². The Kier molecular flexibility index (Phi) is 5.98. The number of nitrogens with zero attached hydrogens (tertiary/aromatic N) is 2. The highest BCUT2D eigenvalue weighted by Crippen LogP contribution is 2.58. The van der Waals surface area contributed by atoms with Gasteiger partial charge in [-0.1, -0.05) is 56.3 Å². The molecule has 0 spiro atoms. The second-order valence-corrected chi connectivity index (χ2v) is 11.8. The molecule has 0 aromatic rings. The molecule has 4 unspecified atom stereocenters. The quantitative estimate of drug-likeness (QED) is 0.276. The lowest BCUT2D eigenvalue weighted by Crippen LogP contribution is -2.18. The summed E-state index contributed by atoms with van der Waals surface area (Å²) in [6.07, 6.45) is 10.7. The van der Waals surface area contributed by atoms with Gasteiger partial charge in [0, 0.05) is 28.7 Å². The van der Waals surface area contributed by atoms with Gasteiger partial charge in [0.1, 0.15) is 4.49 Å². The van der Waals surface area contributed by atoms with Gasteiger partial charge in [0.05, 0.1) is 11.4 Å². The van der Waals surface area contributed by atoms with Gasteiger partial charge in [-0.25, -0.2) is 0 Å². The van der Waals surface area contributed by atoms with Crippen LogP contribution in [0.2, 0.25) is 0 Å². The van der Waals surface area contributed by atoms with Crippen molar-refractivity contribution in [2.75, 3.05) is 0 Å². The Morgan fingerprint density at radius 3 is 1.71 bits per heavy atom. The summed E-state index contributed by atoms with van der Waals surface area (Å²) in [5.41, 5.74) is 10.2. The zero-order valence-corrected chi connectivity index (χ0v) is 21.7. The molecule has 6 aliphatic carbocycles. The van der Waals surface area contributed by atoms with E-state index in [1.165, 1.54) is 39.9 Å². The summed E-state index contributed by atoms with van der Waals surface area (Å²) in [7, 11) is 0. The molecule has 34 heavy (non-hydrogen) atoms. The highest BCUT2D eigenvalue weighted by molar-refractivity contribution is 6.56. The van der Waals surface area contributed by atoms with Crippen molar-refractivity contribution in [2.45, 2.75) is 71.1 Å². The lowest BCUT2D eigenvalue weighted by Gasteiger charge is -2.25. The molecule has 6 aliphatic rings. The highest BCUT2D eigenvalue weighted by Gasteiger charge is 2.48. The molecule has 0 heterocycles. The molecule has 0 amide bonds. The van der Waals surface area contributed by atoms with Gasteiger partial charge in [0.25, 0.3) is 0 Å². The lowest BCUT2D eigenvalue weighted by molar-refractivity contribution is 0.0427. The van der Waals surface area contributed by atoms with Crippen LogP contribution in [0.5, 0.6) is 0 Å². The molecule has 0 N–H and O–H groups in total. The molecule has 0 radical (unpaired) electrons. The summed E-state index contributed by atoms with van der Waals surface area (Å²) in [4.78, 5) is 11.2. The first kappa shape index (κ1) is 22.9. The molecule has 4 nitrogen and oxygen atoms in total. The fraction of sp³-hybridized carbons (Fsp3) is 0.556. The maximum atomic E-state index is 6.47. The van der Waals surface area contributed by atoms with Crippen LogP contribution in [0.1, 0.15) is 71.1 Å². The van der Waals surface area contributed by atoms with Crippen LogP contribution < -0.4 is 0 Å². The molecular formula is C27H29Cl3N2O2. The Bertz CT molecular complexity index is 1060. The van der Waals surface area contributed by atoms with Crippen LogP contribution in [0.25, 0.3) is 0 Å². The first-order valence-corrected chi connectivity index (χ1v) is 13.6. The van der Waals surface area contributed by atoms with E-state index in [0.717, 1.165) is 74.2 Å². The number of allylic oxidation sites excluding steroid dienone is 7. The molecule has 180 valence electrons. The summed E-state index contributed by atoms with van der Waals surface area (Å²) in [6, 6.07) is 0. The Morgan fingerprint density at radius 1 is 0.735 bits per heavy atom. The summed E-state index contributed by atoms with van der Waals surface area (Å²) in [5.74, 6) is 1.66. The predicted molar refractivity (Wildman–Crippen MR) is 138 cm³/mol. The van der Waals surface area contributed by atoms with Crippen molar-refractivity contribution >= 4 is 46.2 Å². The number of hydrogen-bond donors (Lipinski definition) is 0. The monoisotopic (exact) mass is 518 g/mol. The SMILES string of the molecule is C=C(O/N=C1\CCCC2=C1C1CCC2C1=C(Cl)Cl)O/N=C1\CCCC2=C1C1CCC2/C1=C(\C)Cl. The zero-order chi connectivity index (χ0) is 23.6. The molecule has 0 saturated heterocycles. The fourth-order valence-corrected chi connectivity index (χ4v) is 8.43. The van der Waals surface area contributed by atoms with Gasteiger partial charge in [0.15, 0.2) is 0 Å². The van der Waals surface area contributed by atoms with Crippen LogP contribution in [0.15, 0.2) is 65.8 Å². The molecular weight excluding hydrogens is 491 g/mol. The molecule has 2 fully saturated rings. The number of fused-ring (bicyclic) bond motifs is 8. The highest BCUT2D eigenvalue weighted by atomic mass is 35.5. The van der Waals surface area contributed by atoms with Crippen molar-refractivity contribution in [1.82, 2.24) is 0 Å². The topological polar surface area (TPSA) is 43.2 Å². The number of oxime groups is 2. The van der Waals surface area contributed by atoms with Gasteiger partial charge in [-0.05, 0) is 100 Å². The average Bonchev–Trinajstić information content (AvgIpc) is 3.59. The molecule has 7 heteroatoms. The molecule has 0 aromatic heterocycles. The van der Waals surface area contributed by atoms with Crippen molar-refractivity contribution < 1.29 is 9.68 Å². The molecule has 0 aromatic carbocycles. The van der Waals surface area contributed by atoms with E-state index in [1.807, 2.05) is 6.92 Å². The molecule has 4 bridgehead atoms. The second-order valence-electron chi connectivity index (χ2n) is 10.3. The van der Waals surface area contributed by atoms with Crippen molar-refractivity contribution in [3.8, 4) is 0 Å². The lowest BCUT2D eigenvalue weighted by atomic mass is 9.81. The van der Waals surface area contributed by atoms with Gasteiger partial charge < -0.3 is 9.68 Å². The van der Waals surface area contributed by atoms with Gasteiger partial charge in [-0.15, -0.1) is 0 Å². The molecule has 6 rings (SSSR count). The van der Waals surface area contributed by atoms with Crippen LogP contribution in [0, 0.1) is 23.7 Å². The second kappa shape index (κ2) is 8.87. The molecule has 4 atom stereocenters. The van der Waals surface area contributed by atoms with E-state index >= 15 is 0 Å². The van der Waals surface area contributed by atoms with Crippen molar-refractivity contribution in [2.24, 2.45) is 34.0 Å². The van der Waals surface area contributed by atoms with Crippen LogP contribution in [-0.2, 0) is 9.68 Å². The molecule has 2 saturated carbocycles. The molecule has 0 aliphatic heterocycles. The van der Waals surface area contributed by atoms with Gasteiger partial charge in [0.2, 0.25) is 0 Å². The Balaban J connectivity index is 1.17. The minimum absolute atomic E-state index is 0.0993. The third-order valence-electron chi connectivity index (χ3n) is 8.69. The van der Waals surface area contributed by atoms with E-state index in [0.29, 0.717) is 22.2 Å². The minimum atomic E-state index is 0.0993. The van der Waals surface area contributed by atoms with E-state index in [4.69, 9.17) is 44.5 Å². The Labute approximate surface area is 216 Å². The third-order valence-corrected chi connectivity index (χ3v) is 9.35. The minimum Gasteiger partial charge on any atom is -0.316 e. The van der Waals surface area contributed by atoms with Crippen LogP contribution in [0.3, 0.4) is 0 Å². The summed E-state index contributed by atoms with van der Waals surface area (Å²) in [5, 5.41) is 9.89. The number of halogens is 3. The largest absolute Gasteiger partial charge is 0.330 e. The Hall–Kier alpha value is -1.49. The maximum Gasteiger partial charge on any atom is 0.330 e. The number of rotatable bonds is 4. The van der Waals surface area contributed by atoms with Crippen molar-refractivity contribution in [1.29, 1.82) is 0 Å². The van der Waals surface area contributed by atoms with Crippen LogP contribution in [-0.4, -0.2) is 11.4 Å². The summed E-state index contributed by atoms with van der Waals surface area (Å²) in [6.45, 7) is 5.92. The summed E-state index contributed by atoms with van der Waals surface area (Å²) < 4.78 is 0.426. The van der Waals surface area contributed by atoms with Crippen LogP contribution >= 0.6 is 34.8 Å². The normalized spacial score (nSPS) is 35.4. The van der Waals surface area contributed by atoms with E-state index in [2.05, 4.69) is 16.9 Å². The van der Waals surface area contributed by atoms with E-state index in [9.17, 15) is 0 Å². The van der Waals surface area contributed by atoms with Crippen molar-refractivity contribution in [3.63, 3.8) is 0 Å². The smallest absolute Gasteiger partial charge is 0.316 e. The van der Waals surface area contributed by atoms with Gasteiger partial charge >= 0.3 is 5.95 Å². The average molecular weight is 520 g/mol.